The molecule has 0 aliphatic carbocycles. The van der Waals surface area contributed by atoms with Gasteiger partial charge in [0.05, 0.1) is 11.4 Å². The van der Waals surface area contributed by atoms with Crippen LogP contribution >= 0.6 is 15.9 Å². The molecule has 142 valence electrons. The molecule has 0 bridgehead atoms. The maximum absolute atomic E-state index is 13.4. The Labute approximate surface area is 173 Å². The highest BCUT2D eigenvalue weighted by atomic mass is 79.9. The van der Waals surface area contributed by atoms with Gasteiger partial charge in [0.15, 0.2) is 0 Å². The zero-order valence-corrected chi connectivity index (χ0v) is 16.6. The monoisotopic (exact) mass is 449 g/mol. The summed E-state index contributed by atoms with van der Waals surface area (Å²) in [5.41, 5.74) is 4.90. The predicted molar refractivity (Wildman–Crippen MR) is 114 cm³/mol. The minimum absolute atomic E-state index is 0.307. The third-order valence-electron chi connectivity index (χ3n) is 4.85. The van der Waals surface area contributed by atoms with Gasteiger partial charge in [0.25, 0.3) is 0 Å². The van der Waals surface area contributed by atoms with Gasteiger partial charge in [-0.15, -0.1) is 0 Å². The van der Waals surface area contributed by atoms with Crippen molar-refractivity contribution in [1.82, 2.24) is 15.0 Å². The Bertz CT molecular complexity index is 1260. The first-order chi connectivity index (χ1) is 14.1. The van der Waals surface area contributed by atoms with Crippen molar-refractivity contribution in [2.75, 3.05) is 0 Å². The van der Waals surface area contributed by atoms with E-state index in [2.05, 4.69) is 25.9 Å². The smallest absolute Gasteiger partial charge is 0.140 e. The summed E-state index contributed by atoms with van der Waals surface area (Å²) in [4.78, 5) is 11.5. The molecule has 0 amide bonds. The molecule has 2 aromatic heterocycles. The first-order valence-corrected chi connectivity index (χ1v) is 9.77. The van der Waals surface area contributed by atoms with Gasteiger partial charge in [0.2, 0.25) is 0 Å². The molecule has 2 N–H and O–H groups in total. The van der Waals surface area contributed by atoms with Crippen LogP contribution in [0.4, 0.5) is 8.78 Å². The summed E-state index contributed by atoms with van der Waals surface area (Å²) in [6.45, 7) is 0. The molecule has 0 aliphatic heterocycles. The number of fused-ring (bicyclic) bond motifs is 1. The Morgan fingerprint density at radius 1 is 0.793 bits per heavy atom. The van der Waals surface area contributed by atoms with E-state index in [0.717, 1.165) is 37.8 Å². The summed E-state index contributed by atoms with van der Waals surface area (Å²) in [5, 5.41) is 1.02. The number of rotatable bonds is 3. The molecule has 5 aromatic rings. The molecule has 0 atom stereocenters. The van der Waals surface area contributed by atoms with Crippen LogP contribution in [0.5, 0.6) is 0 Å². The van der Waals surface area contributed by atoms with Crippen LogP contribution in [-0.2, 0) is 0 Å². The number of benzene rings is 3. The van der Waals surface area contributed by atoms with Crippen molar-refractivity contribution in [1.29, 1.82) is 0 Å². The van der Waals surface area contributed by atoms with Crippen LogP contribution < -0.4 is 0 Å². The molecule has 5 rings (SSSR count). The van der Waals surface area contributed by atoms with E-state index < -0.39 is 0 Å². The highest BCUT2D eigenvalue weighted by Crippen LogP contribution is 2.36. The molecule has 0 unspecified atom stereocenters. The molecule has 6 heteroatoms. The number of nitrogens with zero attached hydrogens (tertiary/aromatic N) is 1. The summed E-state index contributed by atoms with van der Waals surface area (Å²) < 4.78 is 27.8. The van der Waals surface area contributed by atoms with E-state index in [-0.39, 0.29) is 11.6 Å². The van der Waals surface area contributed by atoms with E-state index in [1.54, 1.807) is 24.3 Å². The van der Waals surface area contributed by atoms with E-state index >= 15 is 0 Å². The van der Waals surface area contributed by atoms with E-state index in [9.17, 15) is 8.78 Å². The lowest BCUT2D eigenvalue weighted by atomic mass is 10.1. The first-order valence-electron chi connectivity index (χ1n) is 8.97. The van der Waals surface area contributed by atoms with Crippen molar-refractivity contribution in [3.05, 3.63) is 89.0 Å². The Kier molecular flexibility index (Phi) is 4.28. The molecule has 3 aromatic carbocycles. The molecule has 0 saturated heterocycles. The fraction of sp³-hybridized carbons (Fsp3) is 0. The molecular formula is C23H14BrF2N3. The predicted octanol–water partition coefficient (Wildman–Crippen LogP) is 6.93. The van der Waals surface area contributed by atoms with Crippen molar-refractivity contribution in [3.63, 3.8) is 0 Å². The molecular weight excluding hydrogens is 436 g/mol. The highest BCUT2D eigenvalue weighted by Gasteiger charge is 2.17. The standard InChI is InChI=1S/C23H14BrF2N3/c24-15-5-10-20-18(11-15)19(12-27-20)23-28-21(13-1-6-16(25)7-2-13)22(29-23)14-3-8-17(26)9-4-14/h1-12,27H,(H,28,29). The fourth-order valence-electron chi connectivity index (χ4n) is 3.43. The maximum atomic E-state index is 13.4. The van der Waals surface area contributed by atoms with Crippen molar-refractivity contribution in [3.8, 4) is 33.9 Å². The molecule has 0 saturated carbocycles. The van der Waals surface area contributed by atoms with E-state index in [1.165, 1.54) is 24.3 Å². The number of hydrogen-bond donors (Lipinski definition) is 2. The fourth-order valence-corrected chi connectivity index (χ4v) is 3.79. The minimum atomic E-state index is -0.311. The minimum Gasteiger partial charge on any atom is -0.360 e. The molecule has 0 radical (unpaired) electrons. The third-order valence-corrected chi connectivity index (χ3v) is 5.35. The van der Waals surface area contributed by atoms with Crippen LogP contribution in [0.2, 0.25) is 0 Å². The maximum Gasteiger partial charge on any atom is 0.140 e. The van der Waals surface area contributed by atoms with Gasteiger partial charge in [-0.1, -0.05) is 15.9 Å². The molecule has 0 spiro atoms. The summed E-state index contributed by atoms with van der Waals surface area (Å²) >= 11 is 3.51. The summed E-state index contributed by atoms with van der Waals surface area (Å²) in [5.74, 6) is 0.0561. The summed E-state index contributed by atoms with van der Waals surface area (Å²) in [6, 6.07) is 18.4. The SMILES string of the molecule is Fc1ccc(-c2nc(-c3c[nH]c4ccc(Br)cc34)[nH]c2-c2ccc(F)cc2)cc1. The van der Waals surface area contributed by atoms with Crippen LogP contribution in [0.3, 0.4) is 0 Å². The van der Waals surface area contributed by atoms with Crippen LogP contribution in [-0.4, -0.2) is 15.0 Å². The average molecular weight is 450 g/mol. The zero-order valence-electron chi connectivity index (χ0n) is 15.0. The van der Waals surface area contributed by atoms with Gasteiger partial charge in [-0.2, -0.15) is 0 Å². The van der Waals surface area contributed by atoms with E-state index in [0.29, 0.717) is 11.5 Å². The lowest BCUT2D eigenvalue weighted by Crippen LogP contribution is -1.85. The number of imidazole rings is 1. The van der Waals surface area contributed by atoms with Crippen LogP contribution in [0.15, 0.2) is 77.4 Å². The van der Waals surface area contributed by atoms with Crippen molar-refractivity contribution >= 4 is 26.8 Å². The van der Waals surface area contributed by atoms with Gasteiger partial charge in [0, 0.05) is 38.3 Å². The van der Waals surface area contributed by atoms with Crippen molar-refractivity contribution in [2.24, 2.45) is 0 Å². The summed E-state index contributed by atoms with van der Waals surface area (Å²) in [7, 11) is 0. The Morgan fingerprint density at radius 2 is 1.45 bits per heavy atom. The van der Waals surface area contributed by atoms with Gasteiger partial charge in [0.1, 0.15) is 17.5 Å². The number of nitrogens with one attached hydrogen (secondary N) is 2. The van der Waals surface area contributed by atoms with Gasteiger partial charge in [-0.25, -0.2) is 13.8 Å². The number of halogens is 3. The van der Waals surface area contributed by atoms with Crippen LogP contribution in [0.25, 0.3) is 44.8 Å². The number of aromatic nitrogens is 3. The van der Waals surface area contributed by atoms with Crippen LogP contribution in [0.1, 0.15) is 0 Å². The zero-order chi connectivity index (χ0) is 20.0. The molecule has 29 heavy (non-hydrogen) atoms. The average Bonchev–Trinajstić information content (AvgIpc) is 3.33. The highest BCUT2D eigenvalue weighted by molar-refractivity contribution is 9.10. The van der Waals surface area contributed by atoms with Crippen molar-refractivity contribution in [2.45, 2.75) is 0 Å². The van der Waals surface area contributed by atoms with Gasteiger partial charge in [-0.3, -0.25) is 0 Å². The second-order valence-electron chi connectivity index (χ2n) is 6.72. The summed E-state index contributed by atoms with van der Waals surface area (Å²) in [6.07, 6.45) is 1.90. The number of aromatic amines is 2. The lowest BCUT2D eigenvalue weighted by molar-refractivity contribution is 0.627. The van der Waals surface area contributed by atoms with Gasteiger partial charge >= 0.3 is 0 Å². The first kappa shape index (κ1) is 17.8. The topological polar surface area (TPSA) is 44.5 Å². The Morgan fingerprint density at radius 3 is 2.14 bits per heavy atom. The van der Waals surface area contributed by atoms with E-state index in [1.807, 2.05) is 24.4 Å². The second-order valence-corrected chi connectivity index (χ2v) is 7.63. The normalized spacial score (nSPS) is 11.3. The van der Waals surface area contributed by atoms with Gasteiger partial charge in [-0.05, 0) is 66.7 Å². The van der Waals surface area contributed by atoms with Crippen LogP contribution in [0, 0.1) is 11.6 Å². The number of H-pyrrole nitrogens is 2. The van der Waals surface area contributed by atoms with E-state index in [4.69, 9.17) is 4.98 Å². The molecule has 3 nitrogen and oxygen atoms in total. The molecule has 0 aliphatic rings. The molecule has 2 heterocycles. The Hall–Kier alpha value is -3.25. The largest absolute Gasteiger partial charge is 0.360 e. The second kappa shape index (κ2) is 6.97. The lowest BCUT2D eigenvalue weighted by Gasteiger charge is -2.03. The molecule has 0 fully saturated rings. The quantitative estimate of drug-likeness (QED) is 0.308. The van der Waals surface area contributed by atoms with Crippen molar-refractivity contribution < 1.29 is 8.78 Å². The number of hydrogen-bond acceptors (Lipinski definition) is 1. The third kappa shape index (κ3) is 3.25. The Balaban J connectivity index is 1.73. The van der Waals surface area contributed by atoms with Gasteiger partial charge < -0.3 is 9.97 Å².